The number of nitrogens with zero attached hydrogens (tertiary/aromatic N) is 1. The van der Waals surface area contributed by atoms with Crippen LogP contribution in [0, 0.1) is 0 Å². The number of nitrogens with one attached hydrogen (secondary N) is 1. The van der Waals surface area contributed by atoms with Crippen molar-refractivity contribution in [2.24, 2.45) is 0 Å². The topological polar surface area (TPSA) is 83.4 Å². The largest absolute Gasteiger partial charge is 0.468 e. The number of sulfone groups is 1. The van der Waals surface area contributed by atoms with Crippen LogP contribution < -0.4 is 0 Å². The fourth-order valence-electron chi connectivity index (χ4n) is 3.29. The van der Waals surface area contributed by atoms with Crippen molar-refractivity contribution in [3.8, 4) is 0 Å². The third kappa shape index (κ3) is 3.07. The summed E-state index contributed by atoms with van der Waals surface area (Å²) in [5, 5.41) is 0.421. The molecule has 6 nitrogen and oxygen atoms in total. The van der Waals surface area contributed by atoms with Crippen LogP contribution in [0.1, 0.15) is 22.5 Å². The molecule has 1 saturated heterocycles. The van der Waals surface area contributed by atoms with E-state index in [4.69, 9.17) is 4.42 Å². The zero-order valence-electron chi connectivity index (χ0n) is 13.5. The molecule has 1 aromatic carbocycles. The number of amides is 1. The van der Waals surface area contributed by atoms with Gasteiger partial charge in [0.15, 0.2) is 9.84 Å². The summed E-state index contributed by atoms with van der Waals surface area (Å²) in [7, 11) is -3.35. The quantitative estimate of drug-likeness (QED) is 0.777. The molecule has 0 spiro atoms. The minimum Gasteiger partial charge on any atom is -0.468 e. The molecule has 25 heavy (non-hydrogen) atoms. The highest BCUT2D eigenvalue weighted by Gasteiger charge is 2.35. The lowest BCUT2D eigenvalue weighted by molar-refractivity contribution is 0.0793. The van der Waals surface area contributed by atoms with Crippen molar-refractivity contribution >= 4 is 26.6 Å². The molecule has 3 aromatic rings. The standard InChI is InChI=1S/C18H18N2O4S/c21-18(14-3-4-17-13(10-14)5-7-19-17)20-8-6-16(11-20)25(22,23)12-15-2-1-9-24-15/h1-5,7,9-10,16,19H,6,8,11-12H2. The van der Waals surface area contributed by atoms with Crippen LogP contribution in [0.2, 0.25) is 0 Å². The number of furan rings is 1. The number of carbonyl (C=O) groups is 1. The van der Waals surface area contributed by atoms with Crippen LogP contribution in [-0.4, -0.2) is 42.5 Å². The Bertz CT molecular complexity index is 1000. The Labute approximate surface area is 145 Å². The van der Waals surface area contributed by atoms with Gasteiger partial charge in [-0.3, -0.25) is 4.79 Å². The molecule has 1 fully saturated rings. The van der Waals surface area contributed by atoms with Gasteiger partial charge in [-0.25, -0.2) is 8.42 Å². The predicted molar refractivity (Wildman–Crippen MR) is 93.9 cm³/mol. The van der Waals surface area contributed by atoms with E-state index in [1.165, 1.54) is 6.26 Å². The Kier molecular flexibility index (Phi) is 3.88. The van der Waals surface area contributed by atoms with Gasteiger partial charge in [0, 0.05) is 35.8 Å². The molecule has 1 unspecified atom stereocenters. The number of hydrogen-bond donors (Lipinski definition) is 1. The van der Waals surface area contributed by atoms with Crippen LogP contribution >= 0.6 is 0 Å². The van der Waals surface area contributed by atoms with Gasteiger partial charge in [-0.1, -0.05) is 0 Å². The minimum atomic E-state index is -3.35. The van der Waals surface area contributed by atoms with Crippen LogP contribution in [0.15, 0.2) is 53.3 Å². The summed E-state index contributed by atoms with van der Waals surface area (Å²) in [5.41, 5.74) is 1.55. The van der Waals surface area contributed by atoms with Crippen molar-refractivity contribution in [2.45, 2.75) is 17.4 Å². The van der Waals surface area contributed by atoms with E-state index in [1.807, 2.05) is 24.4 Å². The predicted octanol–water partition coefficient (Wildman–Crippen LogP) is 2.59. The fraction of sp³-hybridized carbons (Fsp3) is 0.278. The van der Waals surface area contributed by atoms with Gasteiger partial charge in [-0.05, 0) is 42.8 Å². The van der Waals surface area contributed by atoms with Crippen LogP contribution in [0.5, 0.6) is 0 Å². The molecule has 7 heteroatoms. The molecule has 1 aliphatic heterocycles. The van der Waals surface area contributed by atoms with Gasteiger partial charge in [0.1, 0.15) is 11.5 Å². The lowest BCUT2D eigenvalue weighted by Crippen LogP contribution is -2.32. The number of aromatic nitrogens is 1. The highest BCUT2D eigenvalue weighted by Crippen LogP contribution is 2.23. The molecule has 1 amide bonds. The Morgan fingerprint density at radius 3 is 2.96 bits per heavy atom. The molecule has 1 aliphatic rings. The van der Waals surface area contributed by atoms with Gasteiger partial charge in [0.05, 0.1) is 11.5 Å². The van der Waals surface area contributed by atoms with Gasteiger partial charge in [-0.2, -0.15) is 0 Å². The molecule has 0 aliphatic carbocycles. The smallest absolute Gasteiger partial charge is 0.253 e. The Morgan fingerprint density at radius 1 is 1.28 bits per heavy atom. The lowest BCUT2D eigenvalue weighted by atomic mass is 10.1. The van der Waals surface area contributed by atoms with E-state index in [9.17, 15) is 13.2 Å². The Morgan fingerprint density at radius 2 is 2.16 bits per heavy atom. The summed E-state index contributed by atoms with van der Waals surface area (Å²) in [6.45, 7) is 0.680. The Balaban J connectivity index is 1.48. The number of carbonyl (C=O) groups excluding carboxylic acids is 1. The number of H-pyrrole nitrogens is 1. The van der Waals surface area contributed by atoms with Gasteiger partial charge < -0.3 is 14.3 Å². The molecule has 130 valence electrons. The first-order chi connectivity index (χ1) is 12.0. The van der Waals surface area contributed by atoms with E-state index in [0.717, 1.165) is 10.9 Å². The number of aromatic amines is 1. The summed E-state index contributed by atoms with van der Waals surface area (Å²) < 4.78 is 30.2. The van der Waals surface area contributed by atoms with Crippen LogP contribution in [-0.2, 0) is 15.6 Å². The average molecular weight is 358 g/mol. The van der Waals surface area contributed by atoms with E-state index >= 15 is 0 Å². The third-order valence-electron chi connectivity index (χ3n) is 4.66. The second-order valence-electron chi connectivity index (χ2n) is 6.33. The molecule has 0 radical (unpaired) electrons. The van der Waals surface area contributed by atoms with Crippen molar-refractivity contribution in [1.82, 2.24) is 9.88 Å². The number of benzene rings is 1. The normalized spacial score (nSPS) is 18.1. The van der Waals surface area contributed by atoms with Gasteiger partial charge in [0.2, 0.25) is 0 Å². The maximum absolute atomic E-state index is 12.7. The molecule has 3 heterocycles. The zero-order chi connectivity index (χ0) is 17.4. The van der Waals surface area contributed by atoms with E-state index in [1.54, 1.807) is 23.1 Å². The van der Waals surface area contributed by atoms with Crippen LogP contribution in [0.25, 0.3) is 10.9 Å². The first-order valence-corrected chi connectivity index (χ1v) is 9.85. The van der Waals surface area contributed by atoms with E-state index in [0.29, 0.717) is 24.3 Å². The van der Waals surface area contributed by atoms with Gasteiger partial charge in [-0.15, -0.1) is 0 Å². The number of fused-ring (bicyclic) bond motifs is 1. The van der Waals surface area contributed by atoms with Crippen molar-refractivity contribution < 1.29 is 17.6 Å². The second kappa shape index (κ2) is 6.07. The molecule has 0 bridgehead atoms. The highest BCUT2D eigenvalue weighted by atomic mass is 32.2. The maximum atomic E-state index is 12.7. The van der Waals surface area contributed by atoms with Gasteiger partial charge in [0.25, 0.3) is 5.91 Å². The van der Waals surface area contributed by atoms with Crippen molar-refractivity contribution in [2.75, 3.05) is 13.1 Å². The molecule has 0 saturated carbocycles. The van der Waals surface area contributed by atoms with Crippen molar-refractivity contribution in [1.29, 1.82) is 0 Å². The summed E-state index contributed by atoms with van der Waals surface area (Å²) in [4.78, 5) is 17.4. The molecular weight excluding hydrogens is 340 g/mol. The fourth-order valence-corrected chi connectivity index (χ4v) is 4.95. The summed E-state index contributed by atoms with van der Waals surface area (Å²) in [6.07, 6.45) is 3.75. The maximum Gasteiger partial charge on any atom is 0.253 e. The Hall–Kier alpha value is -2.54. The van der Waals surface area contributed by atoms with Crippen LogP contribution in [0.3, 0.4) is 0 Å². The first kappa shape index (κ1) is 16.0. The lowest BCUT2D eigenvalue weighted by Gasteiger charge is -2.17. The van der Waals surface area contributed by atoms with Crippen LogP contribution in [0.4, 0.5) is 0 Å². The van der Waals surface area contributed by atoms with Crippen molar-refractivity contribution in [3.63, 3.8) is 0 Å². The molecule has 2 aromatic heterocycles. The second-order valence-corrected chi connectivity index (χ2v) is 8.61. The summed E-state index contributed by atoms with van der Waals surface area (Å²) in [5.74, 6) is 0.184. The molecular formula is C18H18N2O4S. The van der Waals surface area contributed by atoms with E-state index in [2.05, 4.69) is 4.98 Å². The monoisotopic (exact) mass is 358 g/mol. The summed E-state index contributed by atoms with van der Waals surface area (Å²) in [6, 6.07) is 10.7. The minimum absolute atomic E-state index is 0.123. The number of hydrogen-bond acceptors (Lipinski definition) is 4. The molecule has 1 atom stereocenters. The SMILES string of the molecule is O=C(c1ccc2[nH]ccc2c1)N1CCC(S(=O)(=O)Cc2ccco2)C1. The first-order valence-electron chi connectivity index (χ1n) is 8.13. The average Bonchev–Trinajstić information content (AvgIpc) is 3.33. The summed E-state index contributed by atoms with van der Waals surface area (Å²) >= 11 is 0. The van der Waals surface area contributed by atoms with E-state index in [-0.39, 0.29) is 18.2 Å². The van der Waals surface area contributed by atoms with Gasteiger partial charge >= 0.3 is 0 Å². The molecule has 1 N–H and O–H groups in total. The number of rotatable bonds is 4. The number of likely N-dealkylation sites (tertiary alicyclic amines) is 1. The highest BCUT2D eigenvalue weighted by molar-refractivity contribution is 7.91. The zero-order valence-corrected chi connectivity index (χ0v) is 14.3. The molecule has 4 rings (SSSR count). The van der Waals surface area contributed by atoms with Crippen molar-refractivity contribution in [3.05, 3.63) is 60.2 Å². The van der Waals surface area contributed by atoms with E-state index < -0.39 is 15.1 Å². The third-order valence-corrected chi connectivity index (χ3v) is 6.75.